The molecule has 2 aromatic rings. The molecule has 1 aromatic heterocycles. The highest BCUT2D eigenvalue weighted by molar-refractivity contribution is 14.1. The van der Waals surface area contributed by atoms with Gasteiger partial charge >= 0.3 is 0 Å². The van der Waals surface area contributed by atoms with E-state index in [1.54, 1.807) is 24.4 Å². The van der Waals surface area contributed by atoms with Gasteiger partial charge in [0.25, 0.3) is 0 Å². The van der Waals surface area contributed by atoms with E-state index in [1.165, 1.54) is 12.1 Å². The van der Waals surface area contributed by atoms with Crippen molar-refractivity contribution in [3.8, 4) is 0 Å². The van der Waals surface area contributed by atoms with Crippen molar-refractivity contribution < 1.29 is 4.39 Å². The molecular weight excluding hydrogens is 364 g/mol. The van der Waals surface area contributed by atoms with Crippen LogP contribution in [0.5, 0.6) is 0 Å². The molecule has 6 heteroatoms. The molecule has 0 bridgehead atoms. The maximum absolute atomic E-state index is 13.0. The molecule has 0 saturated carbocycles. The summed E-state index contributed by atoms with van der Waals surface area (Å²) in [6.45, 7) is 0. The number of nitrogens with two attached hydrogens (primary N) is 1. The Morgan fingerprint density at radius 3 is 2.67 bits per heavy atom. The lowest BCUT2D eigenvalue weighted by Gasteiger charge is -2.08. The highest BCUT2D eigenvalue weighted by atomic mass is 127. The summed E-state index contributed by atoms with van der Waals surface area (Å²) >= 11 is 6.90. The fraction of sp³-hybridized carbons (Fsp3) is 0. The Kier molecular flexibility index (Phi) is 4.07. The zero-order valence-electron chi connectivity index (χ0n) is 9.15. The van der Waals surface area contributed by atoms with Crippen LogP contribution in [-0.4, -0.2) is 9.97 Å². The standard InChI is InChI=1S/C12H9FIN3S/c13-8-2-3-10(9(14)5-8)17-11-4-1-7(6-16-11)12(15)18/h1-6H,(H2,15,18)(H,16,17). The number of halogens is 2. The maximum Gasteiger partial charge on any atom is 0.130 e. The van der Waals surface area contributed by atoms with Gasteiger partial charge in [-0.25, -0.2) is 9.37 Å². The predicted octanol–water partition coefficient (Wildman–Crippen LogP) is 3.20. The van der Waals surface area contributed by atoms with Crippen LogP contribution >= 0.6 is 34.8 Å². The second kappa shape index (κ2) is 5.57. The van der Waals surface area contributed by atoms with Crippen LogP contribution < -0.4 is 11.1 Å². The van der Waals surface area contributed by atoms with Crippen molar-refractivity contribution >= 4 is 51.3 Å². The summed E-state index contributed by atoms with van der Waals surface area (Å²) in [5.74, 6) is 0.390. The predicted molar refractivity (Wildman–Crippen MR) is 82.5 cm³/mol. The highest BCUT2D eigenvalue weighted by Crippen LogP contribution is 2.22. The van der Waals surface area contributed by atoms with Gasteiger partial charge in [-0.1, -0.05) is 12.2 Å². The second-order valence-electron chi connectivity index (χ2n) is 3.55. The summed E-state index contributed by atoms with van der Waals surface area (Å²) in [5, 5.41) is 3.10. The first-order valence-electron chi connectivity index (χ1n) is 5.04. The van der Waals surface area contributed by atoms with Gasteiger partial charge in [-0.15, -0.1) is 0 Å². The third kappa shape index (κ3) is 3.14. The Bertz CT molecular complexity index is 586. The van der Waals surface area contributed by atoms with Crippen molar-refractivity contribution in [1.29, 1.82) is 0 Å². The van der Waals surface area contributed by atoms with Crippen LogP contribution in [0.3, 0.4) is 0 Å². The van der Waals surface area contributed by atoms with E-state index in [2.05, 4.69) is 32.9 Å². The van der Waals surface area contributed by atoms with E-state index in [1.807, 2.05) is 0 Å². The molecule has 0 atom stereocenters. The molecular formula is C12H9FIN3S. The lowest BCUT2D eigenvalue weighted by atomic mass is 10.2. The molecule has 92 valence electrons. The van der Waals surface area contributed by atoms with Crippen LogP contribution in [-0.2, 0) is 0 Å². The Labute approximate surface area is 123 Å². The van der Waals surface area contributed by atoms with Crippen LogP contribution in [0.4, 0.5) is 15.9 Å². The average Bonchev–Trinajstić information content (AvgIpc) is 2.33. The maximum atomic E-state index is 13.0. The van der Waals surface area contributed by atoms with Gasteiger partial charge in [-0.2, -0.15) is 0 Å². The molecule has 3 nitrogen and oxygen atoms in total. The van der Waals surface area contributed by atoms with Crippen LogP contribution in [0, 0.1) is 9.39 Å². The van der Waals surface area contributed by atoms with E-state index in [9.17, 15) is 4.39 Å². The Hall–Kier alpha value is -1.28. The molecule has 0 aliphatic heterocycles. The molecule has 0 fully saturated rings. The van der Waals surface area contributed by atoms with Crippen molar-refractivity contribution in [3.63, 3.8) is 0 Å². The van der Waals surface area contributed by atoms with Gasteiger partial charge < -0.3 is 11.1 Å². The molecule has 1 heterocycles. The van der Waals surface area contributed by atoms with Crippen LogP contribution in [0.1, 0.15) is 5.56 Å². The second-order valence-corrected chi connectivity index (χ2v) is 5.15. The fourth-order valence-corrected chi connectivity index (χ4v) is 2.08. The van der Waals surface area contributed by atoms with E-state index in [0.717, 1.165) is 9.26 Å². The molecule has 2 rings (SSSR count). The Balaban J connectivity index is 2.21. The summed E-state index contributed by atoms with van der Waals surface area (Å²) in [7, 11) is 0. The van der Waals surface area contributed by atoms with E-state index >= 15 is 0 Å². The van der Waals surface area contributed by atoms with Crippen LogP contribution in [0.25, 0.3) is 0 Å². The summed E-state index contributed by atoms with van der Waals surface area (Å²) in [6, 6.07) is 8.07. The number of hydrogen-bond acceptors (Lipinski definition) is 3. The smallest absolute Gasteiger partial charge is 0.130 e. The number of nitrogens with zero attached hydrogens (tertiary/aromatic N) is 1. The number of rotatable bonds is 3. The third-order valence-corrected chi connectivity index (χ3v) is 3.37. The Morgan fingerprint density at radius 1 is 1.33 bits per heavy atom. The normalized spacial score (nSPS) is 10.1. The molecule has 0 radical (unpaired) electrons. The van der Waals surface area contributed by atoms with Gasteiger partial charge in [0.1, 0.15) is 16.6 Å². The number of aromatic nitrogens is 1. The molecule has 0 aliphatic carbocycles. The third-order valence-electron chi connectivity index (χ3n) is 2.24. The quantitative estimate of drug-likeness (QED) is 0.641. The lowest BCUT2D eigenvalue weighted by Crippen LogP contribution is -2.09. The molecule has 0 unspecified atom stereocenters. The molecule has 1 aromatic carbocycles. The molecule has 0 saturated heterocycles. The van der Waals surface area contributed by atoms with Gasteiger partial charge in [-0.05, 0) is 52.9 Å². The largest absolute Gasteiger partial charge is 0.389 e. The summed E-state index contributed by atoms with van der Waals surface area (Å²) in [4.78, 5) is 4.49. The monoisotopic (exact) mass is 373 g/mol. The summed E-state index contributed by atoms with van der Waals surface area (Å²) in [6.07, 6.45) is 1.60. The molecule has 0 amide bonds. The number of benzene rings is 1. The zero-order valence-corrected chi connectivity index (χ0v) is 12.1. The summed E-state index contributed by atoms with van der Waals surface area (Å²) in [5.41, 5.74) is 7.00. The van der Waals surface area contributed by atoms with Crippen molar-refractivity contribution in [3.05, 3.63) is 51.5 Å². The Morgan fingerprint density at radius 2 is 2.11 bits per heavy atom. The zero-order chi connectivity index (χ0) is 13.1. The van der Waals surface area contributed by atoms with Gasteiger partial charge in [0.2, 0.25) is 0 Å². The van der Waals surface area contributed by atoms with Gasteiger partial charge in [0.15, 0.2) is 0 Å². The molecule has 0 aliphatic rings. The van der Waals surface area contributed by atoms with E-state index in [-0.39, 0.29) is 5.82 Å². The van der Waals surface area contributed by atoms with Gasteiger partial charge in [0, 0.05) is 15.3 Å². The minimum Gasteiger partial charge on any atom is -0.389 e. The van der Waals surface area contributed by atoms with E-state index in [4.69, 9.17) is 18.0 Å². The van der Waals surface area contributed by atoms with Crippen molar-refractivity contribution in [1.82, 2.24) is 4.98 Å². The van der Waals surface area contributed by atoms with E-state index in [0.29, 0.717) is 16.4 Å². The number of thiocarbonyl (C=S) groups is 1. The molecule has 3 N–H and O–H groups in total. The van der Waals surface area contributed by atoms with Gasteiger partial charge in [-0.3, -0.25) is 0 Å². The van der Waals surface area contributed by atoms with Crippen LogP contribution in [0.15, 0.2) is 36.5 Å². The first kappa shape index (κ1) is 13.2. The number of pyridine rings is 1. The first-order valence-corrected chi connectivity index (χ1v) is 6.53. The highest BCUT2D eigenvalue weighted by Gasteiger charge is 2.03. The van der Waals surface area contributed by atoms with Crippen molar-refractivity contribution in [2.45, 2.75) is 0 Å². The number of hydrogen-bond donors (Lipinski definition) is 2. The minimum absolute atomic E-state index is 0.262. The first-order chi connectivity index (χ1) is 8.56. The topological polar surface area (TPSA) is 50.9 Å². The SMILES string of the molecule is NC(=S)c1ccc(Nc2ccc(F)cc2I)nc1. The van der Waals surface area contributed by atoms with Crippen LogP contribution in [0.2, 0.25) is 0 Å². The number of nitrogens with one attached hydrogen (secondary N) is 1. The van der Waals surface area contributed by atoms with E-state index < -0.39 is 0 Å². The minimum atomic E-state index is -0.262. The van der Waals surface area contributed by atoms with Crippen molar-refractivity contribution in [2.75, 3.05) is 5.32 Å². The van der Waals surface area contributed by atoms with Gasteiger partial charge in [0.05, 0.1) is 5.69 Å². The number of anilines is 2. The molecule has 0 spiro atoms. The lowest BCUT2D eigenvalue weighted by molar-refractivity contribution is 0.627. The molecule has 18 heavy (non-hydrogen) atoms. The fourth-order valence-electron chi connectivity index (χ4n) is 1.34. The van der Waals surface area contributed by atoms with Crippen molar-refractivity contribution in [2.24, 2.45) is 5.73 Å². The summed E-state index contributed by atoms with van der Waals surface area (Å²) < 4.78 is 13.7. The average molecular weight is 373 g/mol.